The third kappa shape index (κ3) is 9.65. The Labute approximate surface area is 289 Å². The number of piperazine rings is 1. The summed E-state index contributed by atoms with van der Waals surface area (Å²) < 4.78 is 58.7. The van der Waals surface area contributed by atoms with Crippen molar-refractivity contribution in [1.82, 2.24) is 20.2 Å². The second kappa shape index (κ2) is 15.5. The van der Waals surface area contributed by atoms with Crippen molar-refractivity contribution < 1.29 is 41.5 Å². The lowest BCUT2D eigenvalue weighted by atomic mass is 9.87. The maximum atomic E-state index is 13.6. The maximum Gasteiger partial charge on any atom is 0.410 e. The van der Waals surface area contributed by atoms with Gasteiger partial charge in [-0.05, 0) is 45.0 Å². The van der Waals surface area contributed by atoms with Gasteiger partial charge in [0.1, 0.15) is 41.6 Å². The van der Waals surface area contributed by atoms with Crippen LogP contribution in [0.5, 0.6) is 0 Å². The van der Waals surface area contributed by atoms with E-state index in [-0.39, 0.29) is 53.3 Å². The Bertz CT molecular complexity index is 1770. The molecule has 1 aliphatic carbocycles. The number of benzene rings is 2. The fraction of sp³-hybridized carbons (Fsp3) is 0.364. The average molecular weight is 718 g/mol. The Hall–Kier alpha value is -5.30. The lowest BCUT2D eigenvalue weighted by molar-refractivity contribution is -0.131. The van der Waals surface area contributed by atoms with Gasteiger partial charge in [-0.3, -0.25) is 29.1 Å². The van der Waals surface area contributed by atoms with E-state index in [0.29, 0.717) is 12.6 Å². The number of nitrogens with one attached hydrogen (secondary N) is 1. The zero-order chi connectivity index (χ0) is 36.8. The summed E-state index contributed by atoms with van der Waals surface area (Å²) in [6.45, 7) is 5.78. The van der Waals surface area contributed by atoms with Crippen molar-refractivity contribution in [3.8, 4) is 6.07 Å². The molecule has 1 saturated heterocycles. The van der Waals surface area contributed by atoms with E-state index in [0.717, 1.165) is 17.0 Å². The highest BCUT2D eigenvalue weighted by Crippen LogP contribution is 2.38. The first-order valence-corrected chi connectivity index (χ1v) is 15.5. The van der Waals surface area contributed by atoms with Gasteiger partial charge < -0.3 is 10.1 Å². The molecule has 264 valence electrons. The van der Waals surface area contributed by atoms with Crippen LogP contribution in [0.25, 0.3) is 0 Å². The molecule has 4 amide bonds. The number of ether oxygens (including phenoxy) is 1. The molecule has 1 N–H and O–H groups in total. The van der Waals surface area contributed by atoms with E-state index >= 15 is 0 Å². The van der Waals surface area contributed by atoms with Gasteiger partial charge >= 0.3 is 6.09 Å². The SMILES string of the molecule is CC(C)(C)OC(=O)N1CCN(c2nccc(C#N)n2)C(=O)C1.O=CN(c1cc(F)cc(F)c1)C(C(=O)NC1CC(F)(F)C1)c1ccccc1Cl. The molecule has 3 aromatic rings. The van der Waals surface area contributed by atoms with E-state index in [1.54, 1.807) is 32.9 Å². The van der Waals surface area contributed by atoms with Crippen molar-refractivity contribution in [3.63, 3.8) is 0 Å². The fourth-order valence-electron chi connectivity index (χ4n) is 5.02. The van der Waals surface area contributed by atoms with Gasteiger partial charge in [0, 0.05) is 54.8 Å². The number of alkyl halides is 2. The number of nitrogens with zero attached hydrogens (tertiary/aromatic N) is 6. The Balaban J connectivity index is 0.000000232. The molecule has 0 radical (unpaired) electrons. The zero-order valence-corrected chi connectivity index (χ0v) is 27.8. The molecular weight excluding hydrogens is 686 g/mol. The molecule has 2 heterocycles. The number of hydrogen-bond donors (Lipinski definition) is 1. The molecular formula is C33H32ClF4N7O5. The van der Waals surface area contributed by atoms with Gasteiger partial charge in [-0.1, -0.05) is 29.8 Å². The van der Waals surface area contributed by atoms with Crippen LogP contribution in [-0.2, 0) is 19.1 Å². The van der Waals surface area contributed by atoms with Crippen molar-refractivity contribution in [3.05, 3.63) is 82.6 Å². The van der Waals surface area contributed by atoms with Gasteiger partial charge in [-0.25, -0.2) is 32.3 Å². The van der Waals surface area contributed by atoms with Crippen molar-refractivity contribution in [2.45, 2.75) is 57.2 Å². The second-order valence-corrected chi connectivity index (χ2v) is 12.7. The topological polar surface area (TPSA) is 149 Å². The first kappa shape index (κ1) is 37.5. The molecule has 2 aliphatic rings. The monoisotopic (exact) mass is 717 g/mol. The van der Waals surface area contributed by atoms with Gasteiger partial charge in [0.2, 0.25) is 24.2 Å². The summed E-state index contributed by atoms with van der Waals surface area (Å²) in [5.41, 5.74) is -0.454. The summed E-state index contributed by atoms with van der Waals surface area (Å²) in [5, 5.41) is 11.4. The molecule has 1 saturated carbocycles. The highest BCUT2D eigenvalue weighted by molar-refractivity contribution is 6.31. The van der Waals surface area contributed by atoms with Gasteiger partial charge in [0.15, 0.2) is 0 Å². The number of halogens is 5. The normalized spacial score (nSPS) is 16.2. The number of amides is 4. The Morgan fingerprint density at radius 2 is 1.80 bits per heavy atom. The minimum absolute atomic E-state index is 0.102. The Morgan fingerprint density at radius 1 is 1.14 bits per heavy atom. The van der Waals surface area contributed by atoms with E-state index in [9.17, 15) is 36.7 Å². The molecule has 0 spiro atoms. The smallest absolute Gasteiger partial charge is 0.410 e. The van der Waals surface area contributed by atoms with Gasteiger partial charge in [-0.15, -0.1) is 0 Å². The summed E-state index contributed by atoms with van der Waals surface area (Å²) in [7, 11) is 0. The van der Waals surface area contributed by atoms with E-state index in [1.165, 1.54) is 34.2 Å². The molecule has 50 heavy (non-hydrogen) atoms. The van der Waals surface area contributed by atoms with E-state index in [1.807, 2.05) is 6.07 Å². The number of rotatable bonds is 7. The van der Waals surface area contributed by atoms with Gasteiger partial charge in [0.25, 0.3) is 5.92 Å². The van der Waals surface area contributed by atoms with Crippen LogP contribution in [-0.4, -0.2) is 76.4 Å². The summed E-state index contributed by atoms with van der Waals surface area (Å²) in [6, 6.07) is 9.67. The zero-order valence-electron chi connectivity index (χ0n) is 27.1. The molecule has 0 bridgehead atoms. The molecule has 12 nitrogen and oxygen atoms in total. The predicted octanol–water partition coefficient (Wildman–Crippen LogP) is 5.17. The second-order valence-electron chi connectivity index (χ2n) is 12.3. The first-order valence-electron chi connectivity index (χ1n) is 15.1. The Kier molecular flexibility index (Phi) is 11.6. The molecule has 1 atom stereocenters. The van der Waals surface area contributed by atoms with Crippen LogP contribution in [0.2, 0.25) is 5.02 Å². The summed E-state index contributed by atoms with van der Waals surface area (Å²) in [5.74, 6) is -5.67. The van der Waals surface area contributed by atoms with E-state index < -0.39 is 60.1 Å². The lowest BCUT2D eigenvalue weighted by Crippen LogP contribution is -2.53. The van der Waals surface area contributed by atoms with E-state index in [4.69, 9.17) is 21.6 Å². The van der Waals surface area contributed by atoms with Crippen LogP contribution in [0.15, 0.2) is 54.7 Å². The number of hydrogen-bond acceptors (Lipinski definition) is 8. The van der Waals surface area contributed by atoms with Crippen molar-refractivity contribution in [2.24, 2.45) is 0 Å². The molecule has 1 aliphatic heterocycles. The number of carbonyl (C=O) groups is 4. The minimum atomic E-state index is -2.85. The first-order chi connectivity index (χ1) is 23.5. The molecule has 1 aromatic heterocycles. The summed E-state index contributed by atoms with van der Waals surface area (Å²) in [4.78, 5) is 60.3. The van der Waals surface area contributed by atoms with Crippen LogP contribution in [0.4, 0.5) is 34.0 Å². The van der Waals surface area contributed by atoms with Crippen LogP contribution >= 0.6 is 11.6 Å². The maximum absolute atomic E-state index is 13.6. The fourth-order valence-corrected chi connectivity index (χ4v) is 5.26. The van der Waals surface area contributed by atoms with Gasteiger partial charge in [-0.2, -0.15) is 5.26 Å². The molecule has 5 rings (SSSR count). The molecule has 17 heteroatoms. The van der Waals surface area contributed by atoms with E-state index in [2.05, 4.69) is 15.3 Å². The predicted molar refractivity (Wildman–Crippen MR) is 172 cm³/mol. The standard InChI is InChI=1S/C19H15ClF4N2O2.C14H17N5O3/c20-16-4-2-1-3-15(16)17(18(28)25-13-8-19(23,24)9-13)26(10-27)14-6-11(21)5-12(22)7-14;1-14(2,3)22-13(21)18-6-7-19(11(20)9-18)12-16-5-4-10(8-15)17-12/h1-7,10,13,17H,8-9H2,(H,25,28);4-5H,6-7,9H2,1-3H3. The molecule has 1 unspecified atom stereocenters. The molecule has 2 aromatic carbocycles. The van der Waals surface area contributed by atoms with Crippen LogP contribution in [0.3, 0.4) is 0 Å². The van der Waals surface area contributed by atoms with Crippen LogP contribution in [0.1, 0.15) is 50.9 Å². The number of nitriles is 1. The number of aromatic nitrogens is 2. The third-order valence-corrected chi connectivity index (χ3v) is 7.64. The van der Waals surface area contributed by atoms with Gasteiger partial charge in [0.05, 0.1) is 5.69 Å². The molecule has 2 fully saturated rings. The number of carbonyl (C=O) groups excluding carboxylic acids is 4. The average Bonchev–Trinajstić information content (AvgIpc) is 3.02. The highest BCUT2D eigenvalue weighted by atomic mass is 35.5. The minimum Gasteiger partial charge on any atom is -0.444 e. The van der Waals surface area contributed by atoms with Crippen LogP contribution < -0.4 is 15.1 Å². The summed E-state index contributed by atoms with van der Waals surface area (Å²) in [6.07, 6.45) is 0.0889. The largest absolute Gasteiger partial charge is 0.444 e. The third-order valence-electron chi connectivity index (χ3n) is 7.29. The van der Waals surface area contributed by atoms with Crippen molar-refractivity contribution in [1.29, 1.82) is 5.26 Å². The number of anilines is 2. The van der Waals surface area contributed by atoms with Crippen molar-refractivity contribution in [2.75, 3.05) is 29.4 Å². The van der Waals surface area contributed by atoms with Crippen LogP contribution in [0, 0.1) is 23.0 Å². The quantitative estimate of drug-likeness (QED) is 0.260. The highest BCUT2D eigenvalue weighted by Gasteiger charge is 2.47. The summed E-state index contributed by atoms with van der Waals surface area (Å²) >= 11 is 6.15. The lowest BCUT2D eigenvalue weighted by Gasteiger charge is -2.37. The Morgan fingerprint density at radius 3 is 2.36 bits per heavy atom. The van der Waals surface area contributed by atoms with Crippen molar-refractivity contribution >= 4 is 47.6 Å².